The fourth-order valence-electron chi connectivity index (χ4n) is 2.85. The zero-order valence-electron chi connectivity index (χ0n) is 8.57. The lowest BCUT2D eigenvalue weighted by atomic mass is 9.92. The van der Waals surface area contributed by atoms with E-state index in [1.165, 1.54) is 25.7 Å². The second-order valence-corrected chi connectivity index (χ2v) is 4.38. The molecule has 0 spiro atoms. The summed E-state index contributed by atoms with van der Waals surface area (Å²) in [5.74, 6) is 0.580. The molecule has 1 aliphatic carbocycles. The first-order chi connectivity index (χ1) is 6.74. The van der Waals surface area contributed by atoms with Gasteiger partial charge >= 0.3 is 6.03 Å². The van der Waals surface area contributed by atoms with Crippen molar-refractivity contribution >= 4 is 6.03 Å². The van der Waals surface area contributed by atoms with Crippen molar-refractivity contribution in [2.75, 3.05) is 13.7 Å². The highest BCUT2D eigenvalue weighted by Gasteiger charge is 2.41. The molecular formula is C10H18N2O2. The number of nitrogens with zero attached hydrogens (tertiary/aromatic N) is 1. The predicted octanol–water partition coefficient (Wildman–Crippen LogP) is 0.561. The molecular weight excluding hydrogens is 180 g/mol. The number of aliphatic hydroxyl groups is 1. The summed E-state index contributed by atoms with van der Waals surface area (Å²) in [6, 6.07) is 0.103. The van der Waals surface area contributed by atoms with Gasteiger partial charge in [-0.15, -0.1) is 0 Å². The van der Waals surface area contributed by atoms with E-state index in [9.17, 15) is 9.90 Å². The Balaban J connectivity index is 2.09. The van der Waals surface area contributed by atoms with Gasteiger partial charge < -0.3 is 15.3 Å². The maximum atomic E-state index is 11.4. The smallest absolute Gasteiger partial charge is 0.317 e. The number of aliphatic hydroxyl groups excluding tert-OH is 1. The van der Waals surface area contributed by atoms with Gasteiger partial charge in [0.1, 0.15) is 0 Å². The SMILES string of the molecule is CN1C(=O)NC(CO)C1C1CCCC1. The maximum absolute atomic E-state index is 11.4. The lowest BCUT2D eigenvalue weighted by molar-refractivity contribution is 0.170. The summed E-state index contributed by atoms with van der Waals surface area (Å²) in [7, 11) is 1.83. The second-order valence-electron chi connectivity index (χ2n) is 4.38. The Bertz CT molecular complexity index is 226. The van der Waals surface area contributed by atoms with Crippen LogP contribution in [0.5, 0.6) is 0 Å². The fraction of sp³-hybridized carbons (Fsp3) is 0.900. The third-order valence-corrected chi connectivity index (χ3v) is 3.57. The van der Waals surface area contributed by atoms with E-state index in [1.54, 1.807) is 4.90 Å². The normalized spacial score (nSPS) is 33.9. The highest BCUT2D eigenvalue weighted by molar-refractivity contribution is 5.77. The predicted molar refractivity (Wildman–Crippen MR) is 52.9 cm³/mol. The summed E-state index contributed by atoms with van der Waals surface area (Å²) in [5, 5.41) is 12.0. The van der Waals surface area contributed by atoms with Crippen LogP contribution >= 0.6 is 0 Å². The van der Waals surface area contributed by atoms with E-state index in [2.05, 4.69) is 5.32 Å². The quantitative estimate of drug-likeness (QED) is 0.681. The molecule has 14 heavy (non-hydrogen) atoms. The van der Waals surface area contributed by atoms with Crippen molar-refractivity contribution < 1.29 is 9.90 Å². The van der Waals surface area contributed by atoms with Crippen molar-refractivity contribution in [1.82, 2.24) is 10.2 Å². The van der Waals surface area contributed by atoms with E-state index in [-0.39, 0.29) is 24.7 Å². The molecule has 1 saturated heterocycles. The Kier molecular flexibility index (Phi) is 2.63. The molecule has 2 N–H and O–H groups in total. The van der Waals surface area contributed by atoms with Crippen LogP contribution < -0.4 is 5.32 Å². The van der Waals surface area contributed by atoms with Crippen LogP contribution in [-0.4, -0.2) is 41.8 Å². The van der Waals surface area contributed by atoms with Gasteiger partial charge in [0.25, 0.3) is 0 Å². The van der Waals surface area contributed by atoms with Crippen LogP contribution in [0.25, 0.3) is 0 Å². The molecule has 4 nitrogen and oxygen atoms in total. The zero-order chi connectivity index (χ0) is 10.1. The number of hydrogen-bond acceptors (Lipinski definition) is 2. The topological polar surface area (TPSA) is 52.6 Å². The number of urea groups is 1. The summed E-state index contributed by atoms with van der Waals surface area (Å²) in [6.07, 6.45) is 4.92. The summed E-state index contributed by atoms with van der Waals surface area (Å²) < 4.78 is 0. The Morgan fingerprint density at radius 3 is 2.71 bits per heavy atom. The van der Waals surface area contributed by atoms with Crippen LogP contribution in [0.2, 0.25) is 0 Å². The fourth-order valence-corrected chi connectivity index (χ4v) is 2.85. The van der Waals surface area contributed by atoms with E-state index < -0.39 is 0 Å². The van der Waals surface area contributed by atoms with E-state index >= 15 is 0 Å². The molecule has 0 radical (unpaired) electrons. The zero-order valence-corrected chi connectivity index (χ0v) is 8.57. The minimum atomic E-state index is -0.0596. The lowest BCUT2D eigenvalue weighted by Gasteiger charge is -2.27. The Labute approximate surface area is 84.3 Å². The molecule has 2 fully saturated rings. The maximum Gasteiger partial charge on any atom is 0.317 e. The van der Waals surface area contributed by atoms with Gasteiger partial charge in [0, 0.05) is 7.05 Å². The molecule has 80 valence electrons. The summed E-state index contributed by atoms with van der Waals surface area (Å²) in [6.45, 7) is 0.0528. The number of likely N-dealkylation sites (N-methyl/N-ethyl adjacent to an activating group) is 1. The molecule has 0 aromatic heterocycles. The second kappa shape index (κ2) is 3.77. The molecule has 1 aliphatic heterocycles. The molecule has 0 aromatic rings. The minimum absolute atomic E-state index is 0.0408. The van der Waals surface area contributed by atoms with Gasteiger partial charge in [0.15, 0.2) is 0 Å². The van der Waals surface area contributed by atoms with Gasteiger partial charge in [-0.1, -0.05) is 12.8 Å². The van der Waals surface area contributed by atoms with Gasteiger partial charge in [0.05, 0.1) is 18.7 Å². The monoisotopic (exact) mass is 198 g/mol. The highest BCUT2D eigenvalue weighted by atomic mass is 16.3. The number of rotatable bonds is 2. The molecule has 0 aromatic carbocycles. The number of carbonyl (C=O) groups is 1. The van der Waals surface area contributed by atoms with Gasteiger partial charge in [-0.3, -0.25) is 0 Å². The molecule has 0 bridgehead atoms. The van der Waals surface area contributed by atoms with Crippen molar-refractivity contribution in [2.24, 2.45) is 5.92 Å². The van der Waals surface area contributed by atoms with Gasteiger partial charge in [-0.05, 0) is 18.8 Å². The van der Waals surface area contributed by atoms with E-state index in [0.29, 0.717) is 5.92 Å². The van der Waals surface area contributed by atoms with Crippen LogP contribution in [0.3, 0.4) is 0 Å². The van der Waals surface area contributed by atoms with Gasteiger partial charge in [-0.25, -0.2) is 4.79 Å². The third-order valence-electron chi connectivity index (χ3n) is 3.57. The van der Waals surface area contributed by atoms with Crippen LogP contribution in [0.1, 0.15) is 25.7 Å². The first kappa shape index (κ1) is 9.77. The molecule has 2 unspecified atom stereocenters. The summed E-state index contributed by atoms with van der Waals surface area (Å²) >= 11 is 0. The Morgan fingerprint density at radius 1 is 1.50 bits per heavy atom. The average molecular weight is 198 g/mol. The van der Waals surface area contributed by atoms with Crippen molar-refractivity contribution in [3.8, 4) is 0 Å². The van der Waals surface area contributed by atoms with Crippen LogP contribution in [0.4, 0.5) is 4.79 Å². The standard InChI is InChI=1S/C10H18N2O2/c1-12-9(7-4-2-3-5-7)8(6-13)11-10(12)14/h7-9,13H,2-6H2,1H3,(H,11,14). The van der Waals surface area contributed by atoms with E-state index in [4.69, 9.17) is 0 Å². The molecule has 2 amide bonds. The summed E-state index contributed by atoms with van der Waals surface area (Å²) in [4.78, 5) is 13.2. The van der Waals surface area contributed by atoms with Crippen molar-refractivity contribution in [3.05, 3.63) is 0 Å². The lowest BCUT2D eigenvalue weighted by Crippen LogP contribution is -2.42. The average Bonchev–Trinajstić information content (AvgIpc) is 2.76. The molecule has 4 heteroatoms. The molecule has 1 saturated carbocycles. The number of nitrogens with one attached hydrogen (secondary N) is 1. The molecule has 2 aliphatic rings. The molecule has 1 heterocycles. The minimum Gasteiger partial charge on any atom is -0.394 e. The van der Waals surface area contributed by atoms with Gasteiger partial charge in [-0.2, -0.15) is 0 Å². The van der Waals surface area contributed by atoms with Crippen molar-refractivity contribution in [1.29, 1.82) is 0 Å². The molecule has 2 atom stereocenters. The number of amides is 2. The number of hydrogen-bond donors (Lipinski definition) is 2. The first-order valence-corrected chi connectivity index (χ1v) is 5.38. The van der Waals surface area contributed by atoms with E-state index in [1.807, 2.05) is 7.05 Å². The van der Waals surface area contributed by atoms with Crippen molar-refractivity contribution in [3.63, 3.8) is 0 Å². The Morgan fingerprint density at radius 2 is 2.14 bits per heavy atom. The third kappa shape index (κ3) is 1.47. The van der Waals surface area contributed by atoms with Crippen LogP contribution in [0.15, 0.2) is 0 Å². The summed E-state index contributed by atoms with van der Waals surface area (Å²) in [5.41, 5.74) is 0. The molecule has 2 rings (SSSR count). The number of carbonyl (C=O) groups excluding carboxylic acids is 1. The first-order valence-electron chi connectivity index (χ1n) is 5.38. The van der Waals surface area contributed by atoms with Gasteiger partial charge in [0.2, 0.25) is 0 Å². The van der Waals surface area contributed by atoms with E-state index in [0.717, 1.165) is 0 Å². The van der Waals surface area contributed by atoms with Crippen molar-refractivity contribution in [2.45, 2.75) is 37.8 Å². The Hall–Kier alpha value is -0.770. The van der Waals surface area contributed by atoms with Crippen LogP contribution in [-0.2, 0) is 0 Å². The van der Waals surface area contributed by atoms with Crippen LogP contribution in [0, 0.1) is 5.92 Å². The largest absolute Gasteiger partial charge is 0.394 e. The highest BCUT2D eigenvalue weighted by Crippen LogP contribution is 2.33.